The summed E-state index contributed by atoms with van der Waals surface area (Å²) in [5, 5.41) is 12.3. The highest BCUT2D eigenvalue weighted by molar-refractivity contribution is 8.01. The van der Waals surface area contributed by atoms with Crippen LogP contribution < -0.4 is 5.32 Å². The van der Waals surface area contributed by atoms with Crippen LogP contribution in [0, 0.1) is 0 Å². The molecule has 1 amide bonds. The fourth-order valence-corrected chi connectivity index (χ4v) is 3.66. The predicted molar refractivity (Wildman–Crippen MR) is 94.3 cm³/mol. The van der Waals surface area contributed by atoms with Gasteiger partial charge in [0.05, 0.1) is 10.0 Å². The maximum atomic E-state index is 11.9. The molecule has 0 radical (unpaired) electrons. The zero-order chi connectivity index (χ0) is 15.9. The molecule has 0 saturated carbocycles. The Balaban J connectivity index is 1.82. The van der Waals surface area contributed by atoms with Gasteiger partial charge in [-0.2, -0.15) is 0 Å². The van der Waals surface area contributed by atoms with E-state index < -0.39 is 0 Å². The number of nitrogens with zero attached hydrogens (tertiary/aromatic N) is 2. The van der Waals surface area contributed by atoms with Crippen LogP contribution in [0.4, 0.5) is 5.13 Å². The second-order valence-electron chi connectivity index (χ2n) is 4.52. The van der Waals surface area contributed by atoms with Gasteiger partial charge in [0.25, 0.3) is 0 Å². The molecule has 0 atom stereocenters. The molecule has 0 saturated heterocycles. The third kappa shape index (κ3) is 5.43. The number of benzene rings is 1. The van der Waals surface area contributed by atoms with Crippen LogP contribution in [-0.4, -0.2) is 21.9 Å². The number of hydrogen-bond donors (Lipinski definition) is 1. The van der Waals surface area contributed by atoms with E-state index in [9.17, 15) is 4.79 Å². The lowest BCUT2D eigenvalue weighted by molar-refractivity contribution is -0.116. The number of carbonyl (C=O) groups excluding carboxylic acids is 1. The first-order valence-electron chi connectivity index (χ1n) is 6.78. The Kier molecular flexibility index (Phi) is 6.95. The van der Waals surface area contributed by atoms with E-state index in [1.54, 1.807) is 23.9 Å². The summed E-state index contributed by atoms with van der Waals surface area (Å²) in [4.78, 5) is 11.9. The molecule has 1 aromatic carbocycles. The van der Waals surface area contributed by atoms with Gasteiger partial charge in [-0.15, -0.1) is 10.2 Å². The van der Waals surface area contributed by atoms with E-state index in [0.29, 0.717) is 28.0 Å². The maximum Gasteiger partial charge on any atom is 0.226 e. The van der Waals surface area contributed by atoms with E-state index in [0.717, 1.165) is 22.1 Å². The molecule has 0 fully saturated rings. The molecular formula is C14H15Cl2N3OS2. The molecule has 0 spiro atoms. The van der Waals surface area contributed by atoms with Crippen LogP contribution in [-0.2, 0) is 11.2 Å². The summed E-state index contributed by atoms with van der Waals surface area (Å²) in [5.41, 5.74) is 0.973. The minimum Gasteiger partial charge on any atom is -0.300 e. The first-order valence-corrected chi connectivity index (χ1v) is 9.34. The van der Waals surface area contributed by atoms with Crippen LogP contribution in [0.15, 0.2) is 22.5 Å². The minimum atomic E-state index is -0.0886. The van der Waals surface area contributed by atoms with E-state index >= 15 is 0 Å². The van der Waals surface area contributed by atoms with Gasteiger partial charge in [-0.3, -0.25) is 4.79 Å². The highest BCUT2D eigenvalue weighted by atomic mass is 35.5. The van der Waals surface area contributed by atoms with E-state index in [1.165, 1.54) is 11.3 Å². The average Bonchev–Trinajstić information content (AvgIpc) is 2.94. The first-order chi connectivity index (χ1) is 10.6. The maximum absolute atomic E-state index is 11.9. The van der Waals surface area contributed by atoms with Crippen molar-refractivity contribution in [2.75, 3.05) is 11.1 Å². The zero-order valence-electron chi connectivity index (χ0n) is 11.9. The number of aryl methyl sites for hydroxylation is 1. The number of anilines is 1. The molecule has 2 rings (SSSR count). The van der Waals surface area contributed by atoms with Gasteiger partial charge in [0.2, 0.25) is 11.0 Å². The van der Waals surface area contributed by atoms with Gasteiger partial charge in [0.1, 0.15) is 0 Å². The van der Waals surface area contributed by atoms with Gasteiger partial charge in [-0.1, -0.05) is 59.3 Å². The quantitative estimate of drug-likeness (QED) is 0.551. The topological polar surface area (TPSA) is 54.9 Å². The Morgan fingerprint density at radius 2 is 2.14 bits per heavy atom. The van der Waals surface area contributed by atoms with Crippen molar-refractivity contribution >= 4 is 57.3 Å². The standard InChI is InChI=1S/C14H15Cl2N3OS2/c1-2-7-21-14-19-18-13(22-14)17-12(20)6-4-9-3-5-10(15)11(16)8-9/h3,5,8H,2,4,6-7H2,1H3,(H,17,18,20). The third-order valence-corrected chi connectivity index (χ3v) is 5.62. The highest BCUT2D eigenvalue weighted by Crippen LogP contribution is 2.26. The van der Waals surface area contributed by atoms with Crippen LogP contribution in [0.5, 0.6) is 0 Å². The van der Waals surface area contributed by atoms with Crippen LogP contribution >= 0.6 is 46.3 Å². The van der Waals surface area contributed by atoms with Gasteiger partial charge in [-0.25, -0.2) is 0 Å². The van der Waals surface area contributed by atoms with Crippen LogP contribution in [0.2, 0.25) is 10.0 Å². The summed E-state index contributed by atoms with van der Waals surface area (Å²) in [7, 11) is 0. The monoisotopic (exact) mass is 375 g/mol. The van der Waals surface area contributed by atoms with Gasteiger partial charge >= 0.3 is 0 Å². The summed E-state index contributed by atoms with van der Waals surface area (Å²) >= 11 is 14.9. The highest BCUT2D eigenvalue weighted by Gasteiger charge is 2.09. The van der Waals surface area contributed by atoms with Crippen molar-refractivity contribution in [2.45, 2.75) is 30.5 Å². The Morgan fingerprint density at radius 1 is 1.32 bits per heavy atom. The van der Waals surface area contributed by atoms with Crippen LogP contribution in [0.1, 0.15) is 25.3 Å². The molecule has 4 nitrogen and oxygen atoms in total. The number of amides is 1. The number of hydrogen-bond acceptors (Lipinski definition) is 5. The van der Waals surface area contributed by atoms with E-state index in [4.69, 9.17) is 23.2 Å². The summed E-state index contributed by atoms with van der Waals surface area (Å²) in [6, 6.07) is 5.38. The van der Waals surface area contributed by atoms with Crippen LogP contribution in [0.25, 0.3) is 0 Å². The number of carbonyl (C=O) groups is 1. The molecule has 8 heteroatoms. The number of halogens is 2. The fraction of sp³-hybridized carbons (Fsp3) is 0.357. The van der Waals surface area contributed by atoms with Gasteiger partial charge in [0, 0.05) is 12.2 Å². The molecule has 118 valence electrons. The SMILES string of the molecule is CCCSc1nnc(NC(=O)CCc2ccc(Cl)c(Cl)c2)s1. The van der Waals surface area contributed by atoms with Gasteiger partial charge in [-0.05, 0) is 30.5 Å². The number of thioether (sulfide) groups is 1. The molecule has 0 unspecified atom stereocenters. The minimum absolute atomic E-state index is 0.0886. The van der Waals surface area contributed by atoms with Crippen molar-refractivity contribution in [3.8, 4) is 0 Å². The van der Waals surface area contributed by atoms with E-state index in [-0.39, 0.29) is 5.91 Å². The number of aromatic nitrogens is 2. The van der Waals surface area contributed by atoms with Crippen molar-refractivity contribution in [1.29, 1.82) is 0 Å². The average molecular weight is 376 g/mol. The van der Waals surface area contributed by atoms with Crippen molar-refractivity contribution in [2.24, 2.45) is 0 Å². The lowest BCUT2D eigenvalue weighted by atomic mass is 10.1. The van der Waals surface area contributed by atoms with Crippen LogP contribution in [0.3, 0.4) is 0 Å². The third-order valence-electron chi connectivity index (χ3n) is 2.71. The summed E-state index contributed by atoms with van der Waals surface area (Å²) in [6.45, 7) is 2.11. The molecule has 1 N–H and O–H groups in total. The Bertz CT molecular complexity index is 649. The molecule has 1 heterocycles. The normalized spacial score (nSPS) is 10.7. The fourth-order valence-electron chi connectivity index (χ4n) is 1.64. The molecular weight excluding hydrogens is 361 g/mol. The summed E-state index contributed by atoms with van der Waals surface area (Å²) in [6.07, 6.45) is 2.03. The Hall–Kier alpha value is -0.820. The van der Waals surface area contributed by atoms with Gasteiger partial charge < -0.3 is 5.32 Å². The molecule has 2 aromatic rings. The number of rotatable bonds is 7. The molecule has 0 aliphatic carbocycles. The van der Waals surface area contributed by atoms with E-state index in [2.05, 4.69) is 22.4 Å². The van der Waals surface area contributed by atoms with E-state index in [1.807, 2.05) is 6.07 Å². The Morgan fingerprint density at radius 3 is 2.86 bits per heavy atom. The predicted octanol–water partition coefficient (Wildman–Crippen LogP) is 4.92. The summed E-state index contributed by atoms with van der Waals surface area (Å²) < 4.78 is 0.877. The Labute approximate surface area is 147 Å². The van der Waals surface area contributed by atoms with Crippen molar-refractivity contribution in [3.63, 3.8) is 0 Å². The first kappa shape index (κ1) is 17.5. The molecule has 1 aromatic heterocycles. The van der Waals surface area contributed by atoms with Crippen molar-refractivity contribution in [1.82, 2.24) is 10.2 Å². The second-order valence-corrected chi connectivity index (χ2v) is 7.65. The molecule has 22 heavy (non-hydrogen) atoms. The smallest absolute Gasteiger partial charge is 0.226 e. The molecule has 0 bridgehead atoms. The number of nitrogens with one attached hydrogen (secondary N) is 1. The summed E-state index contributed by atoms with van der Waals surface area (Å²) in [5.74, 6) is 0.911. The second kappa shape index (κ2) is 8.72. The molecule has 0 aliphatic rings. The van der Waals surface area contributed by atoms with Gasteiger partial charge in [0.15, 0.2) is 4.34 Å². The lowest BCUT2D eigenvalue weighted by Gasteiger charge is -2.03. The zero-order valence-corrected chi connectivity index (χ0v) is 15.1. The van der Waals surface area contributed by atoms with Crippen molar-refractivity contribution in [3.05, 3.63) is 33.8 Å². The molecule has 0 aliphatic heterocycles. The lowest BCUT2D eigenvalue weighted by Crippen LogP contribution is -2.12. The largest absolute Gasteiger partial charge is 0.300 e. The van der Waals surface area contributed by atoms with Crippen molar-refractivity contribution < 1.29 is 4.79 Å².